The summed E-state index contributed by atoms with van der Waals surface area (Å²) in [5.74, 6) is -1.65. The Labute approximate surface area is 87.3 Å². The second-order valence-electron chi connectivity index (χ2n) is 3.13. The Morgan fingerprint density at radius 3 is 2.47 bits per heavy atom. The monoisotopic (exact) mass is 205 g/mol. The van der Waals surface area contributed by atoms with Crippen LogP contribution in [-0.2, 0) is 9.59 Å². The molecule has 1 N–H and O–H groups in total. The summed E-state index contributed by atoms with van der Waals surface area (Å²) in [4.78, 5) is 25.0. The number of nitrogens with zero attached hydrogens (tertiary/aromatic N) is 1. The Balaban J connectivity index is 2.61. The van der Waals surface area contributed by atoms with Gasteiger partial charge in [0, 0.05) is 0 Å². The summed E-state index contributed by atoms with van der Waals surface area (Å²) in [6.07, 6.45) is 0.522. The molecule has 0 amide bonds. The molecule has 15 heavy (non-hydrogen) atoms. The lowest BCUT2D eigenvalue weighted by molar-refractivity contribution is -0.138. The van der Waals surface area contributed by atoms with Gasteiger partial charge in [0.2, 0.25) is 0 Å². The van der Waals surface area contributed by atoms with E-state index in [-0.39, 0.29) is 0 Å². The van der Waals surface area contributed by atoms with E-state index in [1.807, 2.05) is 19.1 Å². The molecule has 1 rings (SSSR count). The van der Waals surface area contributed by atoms with Gasteiger partial charge >= 0.3 is 5.97 Å². The minimum atomic E-state index is -1.14. The smallest absolute Gasteiger partial charge is 0.311 e. The number of ketones is 1. The number of carboxylic acids is 1. The Bertz CT molecular complexity index is 393. The molecule has 4 nitrogen and oxygen atoms in total. The minimum Gasteiger partial charge on any atom is -0.481 e. The Morgan fingerprint density at radius 1 is 1.33 bits per heavy atom. The van der Waals surface area contributed by atoms with E-state index in [9.17, 15) is 9.59 Å². The molecule has 0 aliphatic heterocycles. The second kappa shape index (κ2) is 5.05. The number of Topliss-reactive ketones (excluding diaryl/α,β-unsaturated/α-hetero) is 1. The van der Waals surface area contributed by atoms with E-state index < -0.39 is 18.2 Å². The molecular weight excluding hydrogens is 194 g/mol. The number of carbonyl (C=O) groups is 2. The molecule has 0 fully saturated rings. The van der Waals surface area contributed by atoms with Gasteiger partial charge in [-0.15, -0.1) is 0 Å². The van der Waals surface area contributed by atoms with Crippen molar-refractivity contribution in [2.75, 3.05) is 0 Å². The Morgan fingerprint density at radius 2 is 1.93 bits per heavy atom. The fourth-order valence-corrected chi connectivity index (χ4v) is 0.972. The van der Waals surface area contributed by atoms with E-state index in [0.29, 0.717) is 5.69 Å². The van der Waals surface area contributed by atoms with Crippen LogP contribution in [0.15, 0.2) is 29.3 Å². The highest BCUT2D eigenvalue weighted by atomic mass is 16.4. The molecule has 0 aromatic heterocycles. The van der Waals surface area contributed by atoms with Crippen LogP contribution in [-0.4, -0.2) is 23.1 Å². The zero-order chi connectivity index (χ0) is 11.3. The van der Waals surface area contributed by atoms with Crippen molar-refractivity contribution in [1.82, 2.24) is 0 Å². The Kier molecular flexibility index (Phi) is 3.74. The van der Waals surface area contributed by atoms with Crippen LogP contribution in [0.5, 0.6) is 0 Å². The lowest BCUT2D eigenvalue weighted by atomic mass is 10.2. The van der Waals surface area contributed by atoms with E-state index in [0.717, 1.165) is 11.8 Å². The fraction of sp³-hybridized carbons (Fsp3) is 0.182. The summed E-state index contributed by atoms with van der Waals surface area (Å²) in [5, 5.41) is 8.33. The van der Waals surface area contributed by atoms with Crippen molar-refractivity contribution in [1.29, 1.82) is 0 Å². The molecule has 0 radical (unpaired) electrons. The van der Waals surface area contributed by atoms with Crippen LogP contribution in [0, 0.1) is 6.92 Å². The first-order valence-electron chi connectivity index (χ1n) is 4.43. The third-order valence-electron chi connectivity index (χ3n) is 1.72. The molecular formula is C11H11NO3. The van der Waals surface area contributed by atoms with Crippen molar-refractivity contribution in [2.45, 2.75) is 13.3 Å². The molecule has 0 saturated carbocycles. The number of aliphatic imine (C=N–C) groups is 1. The largest absolute Gasteiger partial charge is 0.481 e. The van der Waals surface area contributed by atoms with Gasteiger partial charge in [0.05, 0.1) is 11.9 Å². The molecule has 0 unspecified atom stereocenters. The molecule has 0 bridgehead atoms. The molecule has 0 atom stereocenters. The van der Waals surface area contributed by atoms with E-state index in [4.69, 9.17) is 5.11 Å². The number of carboxylic acid groups (broad SMARTS) is 1. The number of aryl methyl sites for hydroxylation is 1. The SMILES string of the molecule is Cc1ccc(N=CC(=O)CC(=O)O)cc1. The van der Waals surface area contributed by atoms with Gasteiger partial charge in [0.15, 0.2) is 5.78 Å². The van der Waals surface area contributed by atoms with Crippen molar-refractivity contribution in [3.63, 3.8) is 0 Å². The number of hydrogen-bond acceptors (Lipinski definition) is 3. The summed E-state index contributed by atoms with van der Waals surface area (Å²) in [6.45, 7) is 1.95. The number of benzene rings is 1. The van der Waals surface area contributed by atoms with Crippen molar-refractivity contribution in [3.8, 4) is 0 Å². The lowest BCUT2D eigenvalue weighted by Crippen LogP contribution is -2.06. The van der Waals surface area contributed by atoms with Gasteiger partial charge in [0.1, 0.15) is 6.42 Å². The summed E-state index contributed by atoms with van der Waals surface area (Å²) < 4.78 is 0. The average molecular weight is 205 g/mol. The first kappa shape index (κ1) is 11.1. The maximum Gasteiger partial charge on any atom is 0.311 e. The quantitative estimate of drug-likeness (QED) is 0.601. The highest BCUT2D eigenvalue weighted by Gasteiger charge is 2.03. The van der Waals surface area contributed by atoms with E-state index in [1.165, 1.54) is 0 Å². The van der Waals surface area contributed by atoms with Crippen molar-refractivity contribution >= 4 is 23.7 Å². The van der Waals surface area contributed by atoms with Crippen molar-refractivity contribution in [3.05, 3.63) is 29.8 Å². The predicted octanol–water partition coefficient (Wildman–Crippen LogP) is 1.74. The van der Waals surface area contributed by atoms with Gasteiger partial charge in [0.25, 0.3) is 0 Å². The van der Waals surface area contributed by atoms with Gasteiger partial charge < -0.3 is 5.11 Å². The topological polar surface area (TPSA) is 66.7 Å². The summed E-state index contributed by atoms with van der Waals surface area (Å²) in [7, 11) is 0. The fourth-order valence-electron chi connectivity index (χ4n) is 0.972. The van der Waals surface area contributed by atoms with Crippen LogP contribution in [0.3, 0.4) is 0 Å². The Hall–Kier alpha value is -1.97. The molecule has 0 saturated heterocycles. The number of aliphatic carboxylic acids is 1. The van der Waals surface area contributed by atoms with Crippen molar-refractivity contribution < 1.29 is 14.7 Å². The third-order valence-corrected chi connectivity index (χ3v) is 1.72. The minimum absolute atomic E-state index is 0.511. The lowest BCUT2D eigenvalue weighted by Gasteiger charge is -1.93. The molecule has 0 aliphatic rings. The molecule has 1 aromatic carbocycles. The highest BCUT2D eigenvalue weighted by molar-refractivity contribution is 6.31. The standard InChI is InChI=1S/C11H11NO3/c1-8-2-4-9(5-3-8)12-7-10(13)6-11(14)15/h2-5,7H,6H2,1H3,(H,14,15). The maximum absolute atomic E-state index is 11.0. The third kappa shape index (κ3) is 4.17. The van der Waals surface area contributed by atoms with E-state index in [2.05, 4.69) is 4.99 Å². The molecule has 0 aliphatic carbocycles. The van der Waals surface area contributed by atoms with Crippen LogP contribution in [0.4, 0.5) is 5.69 Å². The van der Waals surface area contributed by atoms with Crippen LogP contribution >= 0.6 is 0 Å². The van der Waals surface area contributed by atoms with Crippen LogP contribution in [0.2, 0.25) is 0 Å². The molecule has 78 valence electrons. The maximum atomic E-state index is 11.0. The van der Waals surface area contributed by atoms with E-state index in [1.54, 1.807) is 12.1 Å². The summed E-state index contributed by atoms with van der Waals surface area (Å²) >= 11 is 0. The molecule has 4 heteroatoms. The van der Waals surface area contributed by atoms with Gasteiger partial charge in [-0.1, -0.05) is 17.7 Å². The first-order chi connectivity index (χ1) is 7.08. The normalized spacial score (nSPS) is 10.5. The highest BCUT2D eigenvalue weighted by Crippen LogP contribution is 2.11. The number of rotatable bonds is 4. The number of carbonyl (C=O) groups excluding carboxylic acids is 1. The predicted molar refractivity (Wildman–Crippen MR) is 56.6 cm³/mol. The van der Waals surface area contributed by atoms with E-state index >= 15 is 0 Å². The zero-order valence-corrected chi connectivity index (χ0v) is 8.30. The zero-order valence-electron chi connectivity index (χ0n) is 8.30. The average Bonchev–Trinajstić information content (AvgIpc) is 2.16. The van der Waals surface area contributed by atoms with Gasteiger partial charge in [-0.05, 0) is 19.1 Å². The second-order valence-corrected chi connectivity index (χ2v) is 3.13. The van der Waals surface area contributed by atoms with Gasteiger partial charge in [-0.2, -0.15) is 0 Å². The summed E-state index contributed by atoms with van der Waals surface area (Å²) in [6, 6.07) is 7.27. The van der Waals surface area contributed by atoms with Crippen LogP contribution in [0.1, 0.15) is 12.0 Å². The molecule has 0 heterocycles. The van der Waals surface area contributed by atoms with Crippen LogP contribution in [0.25, 0.3) is 0 Å². The van der Waals surface area contributed by atoms with Crippen molar-refractivity contribution in [2.24, 2.45) is 4.99 Å². The van der Waals surface area contributed by atoms with Crippen LogP contribution < -0.4 is 0 Å². The number of hydrogen-bond donors (Lipinski definition) is 1. The first-order valence-corrected chi connectivity index (χ1v) is 4.43. The van der Waals surface area contributed by atoms with Gasteiger partial charge in [-0.3, -0.25) is 14.6 Å². The van der Waals surface area contributed by atoms with Gasteiger partial charge in [-0.25, -0.2) is 0 Å². The molecule has 1 aromatic rings. The molecule has 0 spiro atoms. The summed E-state index contributed by atoms with van der Waals surface area (Å²) in [5.41, 5.74) is 1.74.